The first kappa shape index (κ1) is 15.0. The topological polar surface area (TPSA) is 88.0 Å². The maximum atomic E-state index is 12.6. The van der Waals surface area contributed by atoms with Gasteiger partial charge in [0.15, 0.2) is 0 Å². The molecule has 0 aliphatic heterocycles. The van der Waals surface area contributed by atoms with Gasteiger partial charge in [-0.15, -0.1) is 0 Å². The summed E-state index contributed by atoms with van der Waals surface area (Å²) in [5, 5.41) is 5.91. The Balaban J connectivity index is 1.74. The number of benzene rings is 3. The highest BCUT2D eigenvalue weighted by Gasteiger charge is 2.14. The van der Waals surface area contributed by atoms with Gasteiger partial charge in [-0.25, -0.2) is 0 Å². The number of aromatic amines is 1. The van der Waals surface area contributed by atoms with Gasteiger partial charge in [-0.1, -0.05) is 42.5 Å². The highest BCUT2D eigenvalue weighted by atomic mass is 16.2. The number of fused-ring (bicyclic) bond motifs is 3. The fourth-order valence-electron chi connectivity index (χ4n) is 3.00. The Morgan fingerprint density at radius 3 is 2.48 bits per heavy atom. The van der Waals surface area contributed by atoms with E-state index in [0.717, 1.165) is 21.7 Å². The van der Waals surface area contributed by atoms with Crippen LogP contribution in [0.3, 0.4) is 0 Å². The van der Waals surface area contributed by atoms with Gasteiger partial charge in [-0.3, -0.25) is 9.59 Å². The molecule has 1 aromatic heterocycles. The van der Waals surface area contributed by atoms with E-state index in [1.54, 1.807) is 24.3 Å². The predicted octanol–water partition coefficient (Wildman–Crippen LogP) is 3.67. The maximum absolute atomic E-state index is 12.6. The van der Waals surface area contributed by atoms with Crippen molar-refractivity contribution in [3.05, 3.63) is 78.0 Å². The minimum atomic E-state index is -0.585. The first-order valence-electron chi connectivity index (χ1n) is 7.84. The molecule has 0 unspecified atom stereocenters. The van der Waals surface area contributed by atoms with Crippen LogP contribution < -0.4 is 11.1 Å². The Labute approximate surface area is 143 Å². The standard InChI is InChI=1S/C20H15N3O2/c21-19(24)14-7-3-4-8-16(14)23-20(25)18-11-15-13-6-2-1-5-12(13)9-10-17(15)22-18/h1-11,22H,(H2,21,24)(H,23,25). The lowest BCUT2D eigenvalue weighted by Gasteiger charge is -2.07. The van der Waals surface area contributed by atoms with E-state index >= 15 is 0 Å². The molecule has 4 rings (SSSR count). The summed E-state index contributed by atoms with van der Waals surface area (Å²) < 4.78 is 0. The number of anilines is 1. The van der Waals surface area contributed by atoms with Gasteiger partial charge in [0, 0.05) is 10.9 Å². The molecular formula is C20H15N3O2. The second kappa shape index (κ2) is 5.79. The van der Waals surface area contributed by atoms with Crippen molar-refractivity contribution in [3.63, 3.8) is 0 Å². The minimum Gasteiger partial charge on any atom is -0.366 e. The Hall–Kier alpha value is -3.60. The molecule has 5 nitrogen and oxygen atoms in total. The van der Waals surface area contributed by atoms with Crippen molar-refractivity contribution in [3.8, 4) is 0 Å². The molecule has 0 aliphatic rings. The average Bonchev–Trinajstić information content (AvgIpc) is 3.07. The molecule has 0 spiro atoms. The Bertz CT molecular complexity index is 1130. The van der Waals surface area contributed by atoms with Crippen LogP contribution in [0.1, 0.15) is 20.8 Å². The first-order valence-corrected chi connectivity index (χ1v) is 7.84. The van der Waals surface area contributed by atoms with Crippen LogP contribution in [0.25, 0.3) is 21.7 Å². The van der Waals surface area contributed by atoms with Crippen LogP contribution in [-0.4, -0.2) is 16.8 Å². The SMILES string of the molecule is NC(=O)c1ccccc1NC(=O)c1cc2c(ccc3ccccc32)[nH]1. The van der Waals surface area contributed by atoms with Crippen molar-refractivity contribution >= 4 is 39.2 Å². The van der Waals surface area contributed by atoms with Gasteiger partial charge >= 0.3 is 0 Å². The Kier molecular flexibility index (Phi) is 3.47. The lowest BCUT2D eigenvalue weighted by Crippen LogP contribution is -2.18. The zero-order valence-corrected chi connectivity index (χ0v) is 13.2. The van der Waals surface area contributed by atoms with Crippen LogP contribution in [0.4, 0.5) is 5.69 Å². The number of hydrogen-bond acceptors (Lipinski definition) is 2. The van der Waals surface area contributed by atoms with E-state index in [1.807, 2.05) is 42.5 Å². The summed E-state index contributed by atoms with van der Waals surface area (Å²) >= 11 is 0. The molecule has 0 radical (unpaired) electrons. The number of primary amides is 1. The van der Waals surface area contributed by atoms with Crippen LogP contribution in [0.5, 0.6) is 0 Å². The Morgan fingerprint density at radius 1 is 0.880 bits per heavy atom. The fraction of sp³-hybridized carbons (Fsp3) is 0. The molecule has 0 atom stereocenters. The molecule has 0 bridgehead atoms. The van der Waals surface area contributed by atoms with Crippen molar-refractivity contribution in [2.24, 2.45) is 5.73 Å². The van der Waals surface area contributed by atoms with Crippen LogP contribution in [0.15, 0.2) is 66.7 Å². The molecule has 0 fully saturated rings. The number of amides is 2. The summed E-state index contributed by atoms with van der Waals surface area (Å²) in [6, 6.07) is 20.5. The van der Waals surface area contributed by atoms with Crippen LogP contribution in [-0.2, 0) is 0 Å². The van der Waals surface area contributed by atoms with Crippen molar-refractivity contribution in [1.29, 1.82) is 0 Å². The lowest BCUT2D eigenvalue weighted by molar-refractivity contribution is 0.100. The largest absolute Gasteiger partial charge is 0.366 e. The second-order valence-corrected chi connectivity index (χ2v) is 5.79. The summed E-state index contributed by atoms with van der Waals surface area (Å²) in [5.74, 6) is -0.910. The molecule has 3 aromatic carbocycles. The summed E-state index contributed by atoms with van der Waals surface area (Å²) in [6.45, 7) is 0. The van der Waals surface area contributed by atoms with Crippen molar-refractivity contribution in [1.82, 2.24) is 4.98 Å². The molecule has 0 aliphatic carbocycles. The fourth-order valence-corrected chi connectivity index (χ4v) is 3.00. The van der Waals surface area contributed by atoms with Gasteiger partial charge in [0.25, 0.3) is 11.8 Å². The third-order valence-corrected chi connectivity index (χ3v) is 4.21. The van der Waals surface area contributed by atoms with E-state index < -0.39 is 5.91 Å². The van der Waals surface area contributed by atoms with E-state index in [2.05, 4.69) is 10.3 Å². The molecule has 4 aromatic rings. The molecular weight excluding hydrogens is 314 g/mol. The number of H-pyrrole nitrogens is 1. The van der Waals surface area contributed by atoms with Gasteiger partial charge in [-0.05, 0) is 35.0 Å². The third kappa shape index (κ3) is 2.61. The molecule has 5 heteroatoms. The third-order valence-electron chi connectivity index (χ3n) is 4.21. The minimum absolute atomic E-state index is 0.275. The number of aromatic nitrogens is 1. The van der Waals surface area contributed by atoms with Gasteiger partial charge in [-0.2, -0.15) is 0 Å². The van der Waals surface area contributed by atoms with E-state index in [-0.39, 0.29) is 11.5 Å². The second-order valence-electron chi connectivity index (χ2n) is 5.79. The van der Waals surface area contributed by atoms with E-state index in [4.69, 9.17) is 5.73 Å². The van der Waals surface area contributed by atoms with E-state index in [1.165, 1.54) is 0 Å². The summed E-state index contributed by atoms with van der Waals surface area (Å²) in [6.07, 6.45) is 0. The van der Waals surface area contributed by atoms with Gasteiger partial charge in [0.05, 0.1) is 11.3 Å². The number of hydrogen-bond donors (Lipinski definition) is 3. The van der Waals surface area contributed by atoms with Gasteiger partial charge in [0.2, 0.25) is 0 Å². The first-order chi connectivity index (χ1) is 12.1. The highest BCUT2D eigenvalue weighted by molar-refractivity contribution is 6.13. The van der Waals surface area contributed by atoms with Crippen LogP contribution in [0.2, 0.25) is 0 Å². The number of rotatable bonds is 3. The molecule has 2 amide bonds. The smallest absolute Gasteiger partial charge is 0.272 e. The van der Waals surface area contributed by atoms with Gasteiger partial charge in [0.1, 0.15) is 5.69 Å². The predicted molar refractivity (Wildman–Crippen MR) is 98.7 cm³/mol. The van der Waals surface area contributed by atoms with E-state index in [9.17, 15) is 9.59 Å². The number of carbonyl (C=O) groups is 2. The quantitative estimate of drug-likeness (QED) is 0.535. The summed E-state index contributed by atoms with van der Waals surface area (Å²) in [4.78, 5) is 27.2. The zero-order valence-electron chi connectivity index (χ0n) is 13.2. The molecule has 0 saturated carbocycles. The average molecular weight is 329 g/mol. The molecule has 1 heterocycles. The Morgan fingerprint density at radius 2 is 1.64 bits per heavy atom. The maximum Gasteiger partial charge on any atom is 0.272 e. The van der Waals surface area contributed by atoms with Crippen LogP contribution >= 0.6 is 0 Å². The molecule has 4 N–H and O–H groups in total. The number of nitrogens with two attached hydrogens (primary N) is 1. The highest BCUT2D eigenvalue weighted by Crippen LogP contribution is 2.26. The van der Waals surface area contributed by atoms with Crippen molar-refractivity contribution < 1.29 is 9.59 Å². The number of para-hydroxylation sites is 1. The van der Waals surface area contributed by atoms with Gasteiger partial charge < -0.3 is 16.0 Å². The normalized spacial score (nSPS) is 10.9. The summed E-state index contributed by atoms with van der Waals surface area (Å²) in [5.41, 5.74) is 7.33. The van der Waals surface area contributed by atoms with E-state index in [0.29, 0.717) is 11.4 Å². The number of nitrogens with one attached hydrogen (secondary N) is 2. The monoisotopic (exact) mass is 329 g/mol. The summed E-state index contributed by atoms with van der Waals surface area (Å²) in [7, 11) is 0. The van der Waals surface area contributed by atoms with Crippen molar-refractivity contribution in [2.45, 2.75) is 0 Å². The molecule has 122 valence electrons. The molecule has 0 saturated heterocycles. The van der Waals surface area contributed by atoms with Crippen LogP contribution in [0, 0.1) is 0 Å². The zero-order chi connectivity index (χ0) is 17.4. The van der Waals surface area contributed by atoms with Crippen molar-refractivity contribution in [2.75, 3.05) is 5.32 Å². The lowest BCUT2D eigenvalue weighted by atomic mass is 10.1. The number of carbonyl (C=O) groups excluding carboxylic acids is 2. The molecule has 25 heavy (non-hydrogen) atoms.